The molecule has 0 radical (unpaired) electrons. The standard InChI is InChI=1S/C11H16N5O3.HI/c1-16(2,3)7-6-12-8-4-5-9(15(17)18)11-10(8)13-19-14-11;/h4-5,12H,6-7H2,1-3H3;1H/q+1;/p-1. The number of nitro benzene ring substituents is 1. The van der Waals surface area contributed by atoms with E-state index in [1.54, 1.807) is 6.07 Å². The number of rotatable bonds is 5. The highest BCUT2D eigenvalue weighted by molar-refractivity contribution is 5.93. The number of nitrogens with one attached hydrogen (secondary N) is 1. The molecule has 20 heavy (non-hydrogen) atoms. The molecule has 0 amide bonds. The van der Waals surface area contributed by atoms with Gasteiger partial charge in [-0.05, 0) is 16.4 Å². The van der Waals surface area contributed by atoms with Crippen LogP contribution in [0.2, 0.25) is 0 Å². The molecule has 1 aromatic heterocycles. The maximum absolute atomic E-state index is 10.8. The van der Waals surface area contributed by atoms with Gasteiger partial charge in [-0.25, -0.2) is 4.63 Å². The van der Waals surface area contributed by atoms with Crippen LogP contribution in [0.1, 0.15) is 0 Å². The monoisotopic (exact) mass is 393 g/mol. The van der Waals surface area contributed by atoms with Gasteiger partial charge in [0.25, 0.3) is 0 Å². The van der Waals surface area contributed by atoms with Crippen LogP contribution < -0.4 is 29.3 Å². The number of likely N-dealkylation sites (N-methyl/N-ethyl adjacent to an activating group) is 1. The quantitative estimate of drug-likeness (QED) is 0.281. The lowest BCUT2D eigenvalue weighted by atomic mass is 10.2. The van der Waals surface area contributed by atoms with Gasteiger partial charge in [0.2, 0.25) is 5.52 Å². The zero-order valence-corrected chi connectivity index (χ0v) is 13.6. The van der Waals surface area contributed by atoms with Crippen LogP contribution in [0.5, 0.6) is 0 Å². The van der Waals surface area contributed by atoms with Crippen molar-refractivity contribution >= 4 is 22.4 Å². The minimum Gasteiger partial charge on any atom is -1.00 e. The molecule has 1 heterocycles. The van der Waals surface area contributed by atoms with Crippen molar-refractivity contribution in [3.05, 3.63) is 22.2 Å². The summed E-state index contributed by atoms with van der Waals surface area (Å²) in [6.07, 6.45) is 0. The Kier molecular flexibility index (Phi) is 5.22. The Balaban J connectivity index is 0.00000200. The Hall–Kier alpha value is -1.49. The van der Waals surface area contributed by atoms with Crippen molar-refractivity contribution in [1.29, 1.82) is 0 Å². The third kappa shape index (κ3) is 3.76. The SMILES string of the molecule is C[N+](C)(C)CCNc1ccc([N+](=O)[O-])c2nonc12.[I-]. The Morgan fingerprint density at radius 1 is 1.30 bits per heavy atom. The first-order chi connectivity index (χ1) is 8.88. The summed E-state index contributed by atoms with van der Waals surface area (Å²) in [5.41, 5.74) is 1.14. The number of nitrogens with zero attached hydrogens (tertiary/aromatic N) is 4. The molecule has 0 spiro atoms. The van der Waals surface area contributed by atoms with Crippen LogP contribution in [0.4, 0.5) is 11.4 Å². The van der Waals surface area contributed by atoms with Gasteiger partial charge in [0.15, 0.2) is 5.52 Å². The number of hydrogen-bond donors (Lipinski definition) is 1. The van der Waals surface area contributed by atoms with E-state index in [1.165, 1.54) is 6.07 Å². The van der Waals surface area contributed by atoms with Crippen LogP contribution in [0.15, 0.2) is 16.8 Å². The number of fused-ring (bicyclic) bond motifs is 1. The zero-order chi connectivity index (χ0) is 14.0. The molecule has 0 saturated heterocycles. The second-order valence-corrected chi connectivity index (χ2v) is 5.29. The summed E-state index contributed by atoms with van der Waals surface area (Å²) in [7, 11) is 6.26. The van der Waals surface area contributed by atoms with E-state index in [4.69, 9.17) is 0 Å². The Labute approximate surface area is 132 Å². The van der Waals surface area contributed by atoms with Crippen molar-refractivity contribution < 1.29 is 38.0 Å². The van der Waals surface area contributed by atoms with Gasteiger partial charge in [-0.1, -0.05) is 0 Å². The fraction of sp³-hybridized carbons (Fsp3) is 0.455. The van der Waals surface area contributed by atoms with Crippen molar-refractivity contribution in [2.75, 3.05) is 39.5 Å². The molecule has 0 aliphatic rings. The van der Waals surface area contributed by atoms with Crippen molar-refractivity contribution in [3.63, 3.8) is 0 Å². The molecule has 0 aliphatic heterocycles. The van der Waals surface area contributed by atoms with Gasteiger partial charge in [0.05, 0.1) is 44.8 Å². The molecule has 0 bridgehead atoms. The molecule has 0 unspecified atom stereocenters. The fourth-order valence-corrected chi connectivity index (χ4v) is 1.67. The van der Waals surface area contributed by atoms with Crippen molar-refractivity contribution in [2.24, 2.45) is 0 Å². The number of hydrogen-bond acceptors (Lipinski definition) is 6. The van der Waals surface area contributed by atoms with Gasteiger partial charge in [0.1, 0.15) is 0 Å². The molecule has 9 heteroatoms. The summed E-state index contributed by atoms with van der Waals surface area (Å²) >= 11 is 0. The lowest BCUT2D eigenvalue weighted by Gasteiger charge is -2.24. The molecule has 110 valence electrons. The van der Waals surface area contributed by atoms with Crippen LogP contribution in [0.3, 0.4) is 0 Å². The van der Waals surface area contributed by atoms with Crippen molar-refractivity contribution in [2.45, 2.75) is 0 Å². The van der Waals surface area contributed by atoms with Crippen molar-refractivity contribution in [1.82, 2.24) is 10.3 Å². The molecular formula is C11H16IN5O3. The molecule has 0 atom stereocenters. The summed E-state index contributed by atoms with van der Waals surface area (Å²) in [6.45, 7) is 1.63. The summed E-state index contributed by atoms with van der Waals surface area (Å²) in [6, 6.07) is 3.03. The van der Waals surface area contributed by atoms with E-state index in [0.29, 0.717) is 11.2 Å². The number of nitro groups is 1. The second-order valence-electron chi connectivity index (χ2n) is 5.29. The lowest BCUT2D eigenvalue weighted by molar-refractivity contribution is -0.868. The first-order valence-corrected chi connectivity index (χ1v) is 5.82. The summed E-state index contributed by atoms with van der Waals surface area (Å²) in [5.74, 6) is 0. The van der Waals surface area contributed by atoms with E-state index in [-0.39, 0.29) is 35.2 Å². The number of non-ortho nitro benzene ring substituents is 1. The largest absolute Gasteiger partial charge is 1.00 e. The predicted octanol–water partition coefficient (Wildman–Crippen LogP) is -1.75. The molecule has 0 fully saturated rings. The van der Waals surface area contributed by atoms with E-state index in [2.05, 4.69) is 41.4 Å². The highest BCUT2D eigenvalue weighted by atomic mass is 127. The first-order valence-electron chi connectivity index (χ1n) is 5.82. The molecular weight excluding hydrogens is 377 g/mol. The second kappa shape index (κ2) is 6.31. The van der Waals surface area contributed by atoms with Crippen LogP contribution >= 0.6 is 0 Å². The average molecular weight is 393 g/mol. The normalized spacial score (nSPS) is 11.2. The predicted molar refractivity (Wildman–Crippen MR) is 69.8 cm³/mol. The fourth-order valence-electron chi connectivity index (χ4n) is 1.67. The van der Waals surface area contributed by atoms with E-state index in [9.17, 15) is 10.1 Å². The third-order valence-electron chi connectivity index (χ3n) is 2.69. The summed E-state index contributed by atoms with van der Waals surface area (Å²) in [5, 5.41) is 21.3. The molecule has 0 saturated carbocycles. The third-order valence-corrected chi connectivity index (χ3v) is 2.69. The first kappa shape index (κ1) is 16.6. The van der Waals surface area contributed by atoms with Gasteiger partial charge in [-0.2, -0.15) is 0 Å². The summed E-state index contributed by atoms with van der Waals surface area (Å²) in [4.78, 5) is 10.3. The number of quaternary nitrogens is 1. The molecule has 2 rings (SSSR count). The summed E-state index contributed by atoms with van der Waals surface area (Å²) < 4.78 is 5.41. The van der Waals surface area contributed by atoms with E-state index in [1.807, 2.05) is 0 Å². The Morgan fingerprint density at radius 2 is 1.95 bits per heavy atom. The lowest BCUT2D eigenvalue weighted by Crippen LogP contribution is -3.00. The number of benzene rings is 1. The van der Waals surface area contributed by atoms with Gasteiger partial charge >= 0.3 is 5.69 Å². The van der Waals surface area contributed by atoms with Gasteiger partial charge in [0, 0.05) is 6.07 Å². The molecule has 0 aliphatic carbocycles. The average Bonchev–Trinajstić information content (AvgIpc) is 2.76. The van der Waals surface area contributed by atoms with Gasteiger partial charge in [-0.3, -0.25) is 10.1 Å². The van der Waals surface area contributed by atoms with E-state index < -0.39 is 4.92 Å². The minimum atomic E-state index is -0.498. The molecule has 1 N–H and O–H groups in total. The molecule has 2 aromatic rings. The van der Waals surface area contributed by atoms with Crippen molar-refractivity contribution in [3.8, 4) is 0 Å². The van der Waals surface area contributed by atoms with Crippen LogP contribution in [-0.4, -0.2) is 54.0 Å². The van der Waals surface area contributed by atoms with E-state index in [0.717, 1.165) is 17.6 Å². The Bertz CT molecular complexity index is 608. The smallest absolute Gasteiger partial charge is 0.300 e. The van der Waals surface area contributed by atoms with E-state index >= 15 is 0 Å². The van der Waals surface area contributed by atoms with Gasteiger partial charge < -0.3 is 33.8 Å². The molecule has 1 aromatic carbocycles. The highest BCUT2D eigenvalue weighted by Crippen LogP contribution is 2.28. The zero-order valence-electron chi connectivity index (χ0n) is 11.5. The maximum atomic E-state index is 10.8. The Morgan fingerprint density at radius 3 is 2.55 bits per heavy atom. The van der Waals surface area contributed by atoms with Crippen LogP contribution in [0.25, 0.3) is 11.0 Å². The number of halogens is 1. The number of aromatic nitrogens is 2. The maximum Gasteiger partial charge on any atom is 0.300 e. The number of anilines is 1. The highest BCUT2D eigenvalue weighted by Gasteiger charge is 2.19. The molecule has 8 nitrogen and oxygen atoms in total. The topological polar surface area (TPSA) is 94.1 Å². The minimum absolute atomic E-state index is 0. The van der Waals surface area contributed by atoms with Gasteiger partial charge in [-0.15, -0.1) is 0 Å². The van der Waals surface area contributed by atoms with Crippen LogP contribution in [-0.2, 0) is 0 Å². The van der Waals surface area contributed by atoms with Crippen LogP contribution in [0, 0.1) is 10.1 Å².